The molecular weight excluding hydrogens is 376 g/mol. The summed E-state index contributed by atoms with van der Waals surface area (Å²) in [6.07, 6.45) is 2.60. The smallest absolute Gasteiger partial charge is 0.302 e. The molecule has 1 unspecified atom stereocenters. The molecule has 2 saturated carbocycles. The van der Waals surface area contributed by atoms with Gasteiger partial charge in [-0.3, -0.25) is 4.79 Å². The molecule has 8 atom stereocenters. The maximum atomic E-state index is 12.7. The van der Waals surface area contributed by atoms with Gasteiger partial charge in [-0.15, -0.1) is 0 Å². The van der Waals surface area contributed by atoms with Crippen molar-refractivity contribution in [3.8, 4) is 0 Å². The Morgan fingerprint density at radius 3 is 2.66 bits per heavy atom. The van der Waals surface area contributed by atoms with Crippen LogP contribution in [0.5, 0.6) is 0 Å². The topological polar surface area (TPSA) is 117 Å². The van der Waals surface area contributed by atoms with E-state index in [-0.39, 0.29) is 18.3 Å². The molecule has 3 N–H and O–H groups in total. The number of aldehydes is 1. The summed E-state index contributed by atoms with van der Waals surface area (Å²) in [5.41, 5.74) is -2.83. The van der Waals surface area contributed by atoms with Crippen LogP contribution in [0, 0.1) is 22.7 Å². The Bertz CT molecular complexity index is 742. The van der Waals surface area contributed by atoms with Crippen molar-refractivity contribution in [3.05, 3.63) is 24.2 Å². The molecule has 0 amide bonds. The van der Waals surface area contributed by atoms with E-state index in [1.807, 2.05) is 13.8 Å². The molecule has 2 aliphatic rings. The van der Waals surface area contributed by atoms with Crippen molar-refractivity contribution in [2.45, 2.75) is 77.3 Å². The third-order valence-electron chi connectivity index (χ3n) is 7.99. The number of carbonyl (C=O) groups is 2. The minimum Gasteiger partial charge on any atom is -0.472 e. The molecule has 2 fully saturated rings. The summed E-state index contributed by atoms with van der Waals surface area (Å²) in [4.78, 5) is 24.5. The normalized spacial score (nSPS) is 43.3. The van der Waals surface area contributed by atoms with Gasteiger partial charge in [-0.1, -0.05) is 13.8 Å². The molecule has 0 aromatic carbocycles. The highest BCUT2D eigenvalue weighted by molar-refractivity contribution is 5.67. The number of aliphatic hydroxyl groups excluding tert-OH is 2. The zero-order valence-electron chi connectivity index (χ0n) is 17.5. The SMILES string of the molecule is CC(=O)OC1C[C@]2(C)[C@H](CC[C@@H](O)[C@]2(C)O)[C@@](C=O)(C[C@@H](O)c2ccoc2)[C@@H]1C. The molecule has 2 aliphatic carbocycles. The zero-order valence-corrected chi connectivity index (χ0v) is 17.5. The van der Waals surface area contributed by atoms with Crippen molar-refractivity contribution in [3.63, 3.8) is 0 Å². The Balaban J connectivity index is 2.09. The lowest BCUT2D eigenvalue weighted by Crippen LogP contribution is -2.68. The van der Waals surface area contributed by atoms with Crippen molar-refractivity contribution in [2.24, 2.45) is 22.7 Å². The highest BCUT2D eigenvalue weighted by Gasteiger charge is 2.67. The van der Waals surface area contributed by atoms with Crippen molar-refractivity contribution in [1.82, 2.24) is 0 Å². The number of furan rings is 1. The molecule has 0 bridgehead atoms. The van der Waals surface area contributed by atoms with Crippen molar-refractivity contribution < 1.29 is 34.1 Å². The van der Waals surface area contributed by atoms with Crippen molar-refractivity contribution in [1.29, 1.82) is 0 Å². The van der Waals surface area contributed by atoms with Gasteiger partial charge in [0, 0.05) is 29.2 Å². The highest BCUT2D eigenvalue weighted by atomic mass is 16.5. The van der Waals surface area contributed by atoms with Crippen LogP contribution in [-0.2, 0) is 14.3 Å². The fourth-order valence-electron chi connectivity index (χ4n) is 5.97. The average Bonchev–Trinajstić information content (AvgIpc) is 3.18. The van der Waals surface area contributed by atoms with Gasteiger partial charge >= 0.3 is 5.97 Å². The highest BCUT2D eigenvalue weighted by Crippen LogP contribution is 2.64. The van der Waals surface area contributed by atoms with Gasteiger partial charge in [-0.05, 0) is 44.6 Å². The lowest BCUT2D eigenvalue weighted by Gasteiger charge is -2.64. The van der Waals surface area contributed by atoms with E-state index in [0.717, 1.165) is 6.29 Å². The number of esters is 1. The van der Waals surface area contributed by atoms with Crippen molar-refractivity contribution in [2.75, 3.05) is 0 Å². The summed E-state index contributed by atoms with van der Waals surface area (Å²) in [5.74, 6) is -1.13. The molecule has 7 nitrogen and oxygen atoms in total. The Kier molecular flexibility index (Phi) is 5.71. The average molecular weight is 408 g/mol. The minimum absolute atomic E-state index is 0.112. The van der Waals surface area contributed by atoms with Crippen LogP contribution in [0.25, 0.3) is 0 Å². The van der Waals surface area contributed by atoms with Gasteiger partial charge in [-0.2, -0.15) is 0 Å². The van der Waals surface area contributed by atoms with Gasteiger partial charge in [0.25, 0.3) is 0 Å². The molecule has 1 aromatic heterocycles. The summed E-state index contributed by atoms with van der Waals surface area (Å²) in [7, 11) is 0. The molecule has 3 rings (SSSR count). The first-order valence-corrected chi connectivity index (χ1v) is 10.2. The van der Waals surface area contributed by atoms with Gasteiger partial charge in [0.1, 0.15) is 12.4 Å². The number of fused-ring (bicyclic) bond motifs is 1. The third-order valence-corrected chi connectivity index (χ3v) is 7.99. The molecule has 7 heteroatoms. The van der Waals surface area contributed by atoms with Crippen LogP contribution in [0.3, 0.4) is 0 Å². The van der Waals surface area contributed by atoms with Crippen LogP contribution in [0.4, 0.5) is 0 Å². The summed E-state index contributed by atoms with van der Waals surface area (Å²) >= 11 is 0. The summed E-state index contributed by atoms with van der Waals surface area (Å²) in [6.45, 7) is 6.62. The summed E-state index contributed by atoms with van der Waals surface area (Å²) < 4.78 is 10.7. The molecule has 0 radical (unpaired) electrons. The van der Waals surface area contributed by atoms with Crippen LogP contribution in [0.2, 0.25) is 0 Å². The number of aliphatic hydroxyl groups is 3. The van der Waals surface area contributed by atoms with E-state index in [9.17, 15) is 24.9 Å². The largest absolute Gasteiger partial charge is 0.472 e. The third kappa shape index (κ3) is 3.33. The Morgan fingerprint density at radius 2 is 2.10 bits per heavy atom. The second-order valence-corrected chi connectivity index (χ2v) is 9.36. The van der Waals surface area contributed by atoms with Crippen LogP contribution in [-0.4, -0.2) is 45.4 Å². The van der Waals surface area contributed by atoms with Gasteiger partial charge in [0.05, 0.1) is 30.3 Å². The van der Waals surface area contributed by atoms with E-state index in [1.54, 1.807) is 13.0 Å². The lowest BCUT2D eigenvalue weighted by atomic mass is 9.42. The predicted molar refractivity (Wildman–Crippen MR) is 104 cm³/mol. The zero-order chi connectivity index (χ0) is 21.6. The molecule has 162 valence electrons. The molecule has 1 heterocycles. The van der Waals surface area contributed by atoms with Gasteiger partial charge in [0.2, 0.25) is 0 Å². The van der Waals surface area contributed by atoms with Gasteiger partial charge < -0.3 is 29.3 Å². The van der Waals surface area contributed by atoms with E-state index in [0.29, 0.717) is 24.8 Å². The maximum Gasteiger partial charge on any atom is 0.302 e. The Labute approximate surface area is 171 Å². The quantitative estimate of drug-likeness (QED) is 0.506. The number of hydrogen-bond acceptors (Lipinski definition) is 7. The molecular formula is C22H32O7. The number of rotatable bonds is 5. The van der Waals surface area contributed by atoms with Crippen LogP contribution in [0.15, 0.2) is 23.0 Å². The van der Waals surface area contributed by atoms with E-state index < -0.39 is 40.7 Å². The van der Waals surface area contributed by atoms with Crippen LogP contribution >= 0.6 is 0 Å². The lowest BCUT2D eigenvalue weighted by molar-refractivity contribution is -0.256. The monoisotopic (exact) mass is 408 g/mol. The molecule has 29 heavy (non-hydrogen) atoms. The fraction of sp³-hybridized carbons (Fsp3) is 0.727. The Hall–Kier alpha value is -1.70. The second kappa shape index (κ2) is 7.52. The minimum atomic E-state index is -1.47. The summed E-state index contributed by atoms with van der Waals surface area (Å²) in [5, 5.41) is 32.7. The number of carbonyl (C=O) groups excluding carboxylic acids is 2. The molecule has 0 spiro atoms. The van der Waals surface area contributed by atoms with Crippen LogP contribution in [0.1, 0.15) is 65.0 Å². The predicted octanol–water partition coefficient (Wildman–Crippen LogP) is 2.39. The molecule has 0 saturated heterocycles. The maximum absolute atomic E-state index is 12.7. The molecule has 1 aromatic rings. The van der Waals surface area contributed by atoms with Crippen molar-refractivity contribution >= 4 is 12.3 Å². The first kappa shape index (κ1) is 22.0. The fourth-order valence-corrected chi connectivity index (χ4v) is 5.97. The van der Waals surface area contributed by atoms with E-state index in [1.165, 1.54) is 19.5 Å². The number of hydrogen-bond donors (Lipinski definition) is 3. The second-order valence-electron chi connectivity index (χ2n) is 9.36. The summed E-state index contributed by atoms with van der Waals surface area (Å²) in [6, 6.07) is 1.65. The first-order valence-electron chi connectivity index (χ1n) is 10.2. The standard InChI is InChI=1S/C22H32O7/c1-13-17(29-14(2)24)10-20(3)18(5-6-19(26)21(20,4)27)22(13,12-23)9-16(25)15-7-8-28-11-15/h7-8,11-13,16-19,25-27H,5-6,9-10H2,1-4H3/t13-,16-,17?,18+,19-,20-,21+,22-/m1/s1. The first-order chi connectivity index (χ1) is 13.5. The molecule has 0 aliphatic heterocycles. The van der Waals surface area contributed by atoms with Gasteiger partial charge in [0.15, 0.2) is 0 Å². The van der Waals surface area contributed by atoms with E-state index >= 15 is 0 Å². The van der Waals surface area contributed by atoms with Gasteiger partial charge in [-0.25, -0.2) is 0 Å². The Morgan fingerprint density at radius 1 is 1.41 bits per heavy atom. The van der Waals surface area contributed by atoms with Crippen LogP contribution < -0.4 is 0 Å². The number of ether oxygens (including phenoxy) is 1. The van der Waals surface area contributed by atoms with E-state index in [2.05, 4.69) is 0 Å². The van der Waals surface area contributed by atoms with E-state index in [4.69, 9.17) is 9.15 Å².